The molecule has 2 fully saturated rings. The molecule has 0 aromatic carbocycles. The minimum Gasteiger partial charge on any atom is -0.442 e. The maximum absolute atomic E-state index is 11.1. The van der Waals surface area contributed by atoms with Gasteiger partial charge >= 0.3 is 6.09 Å². The third-order valence-electron chi connectivity index (χ3n) is 5.29. The van der Waals surface area contributed by atoms with Crippen LogP contribution < -0.4 is 5.32 Å². The summed E-state index contributed by atoms with van der Waals surface area (Å²) in [5.41, 5.74) is 1.47. The number of aromatic nitrogens is 4. The number of hydrogen-bond acceptors (Lipinski definition) is 10. The Morgan fingerprint density at radius 3 is 2.90 bits per heavy atom. The standard InChI is InChI=1S/C17H20N6O6/c24-12-10(3-9-5-28-17(26)22-9)29-16(13(12)25)23-7-20-11-14(18-6-19-15(11)23)21-8-1-2-27-4-8/h6-8,10,12-13,16,24-25H,1-5H2,(H,18,19,21)/t8-,10-,12-,13-,16?/m1/s1. The molecule has 2 aromatic heterocycles. The Bertz CT molecular complexity index is 957. The van der Waals surface area contributed by atoms with E-state index in [9.17, 15) is 15.0 Å². The molecule has 12 heteroatoms. The summed E-state index contributed by atoms with van der Waals surface area (Å²) in [6.07, 6.45) is -0.697. The zero-order valence-corrected chi connectivity index (χ0v) is 15.3. The zero-order valence-electron chi connectivity index (χ0n) is 15.3. The molecule has 3 N–H and O–H groups in total. The highest BCUT2D eigenvalue weighted by Gasteiger charge is 2.45. The van der Waals surface area contributed by atoms with Crippen LogP contribution in [-0.4, -0.2) is 85.7 Å². The number of imidazole rings is 1. The summed E-state index contributed by atoms with van der Waals surface area (Å²) in [4.78, 5) is 27.8. The number of nitrogens with one attached hydrogen (secondary N) is 1. The summed E-state index contributed by atoms with van der Waals surface area (Å²) >= 11 is 0. The third kappa shape index (κ3) is 3.33. The molecule has 154 valence electrons. The van der Waals surface area contributed by atoms with Gasteiger partial charge in [0.15, 0.2) is 23.2 Å². The fourth-order valence-corrected chi connectivity index (χ4v) is 3.79. The highest BCUT2D eigenvalue weighted by Crippen LogP contribution is 2.34. The molecule has 5 atom stereocenters. The molecule has 1 unspecified atom stereocenters. The molecule has 3 aliphatic rings. The normalized spacial score (nSPS) is 32.0. The van der Waals surface area contributed by atoms with Gasteiger partial charge < -0.3 is 29.7 Å². The van der Waals surface area contributed by atoms with E-state index in [1.54, 1.807) is 4.57 Å². The molecule has 3 aliphatic heterocycles. The molecule has 5 heterocycles. The van der Waals surface area contributed by atoms with Crippen molar-refractivity contribution in [3.05, 3.63) is 12.7 Å². The second-order valence-electron chi connectivity index (χ2n) is 7.23. The van der Waals surface area contributed by atoms with Crippen LogP contribution in [0.2, 0.25) is 0 Å². The van der Waals surface area contributed by atoms with Crippen molar-refractivity contribution in [2.75, 3.05) is 25.1 Å². The lowest BCUT2D eigenvalue weighted by Gasteiger charge is -2.17. The maximum atomic E-state index is 11.1. The molecule has 0 saturated carbocycles. The van der Waals surface area contributed by atoms with Gasteiger partial charge in [-0.2, -0.15) is 4.99 Å². The molecular weight excluding hydrogens is 384 g/mol. The minimum absolute atomic E-state index is 0.0628. The number of nitrogens with zero attached hydrogens (tertiary/aromatic N) is 5. The van der Waals surface area contributed by atoms with Crippen LogP contribution >= 0.6 is 0 Å². The highest BCUT2D eigenvalue weighted by atomic mass is 16.6. The predicted molar refractivity (Wildman–Crippen MR) is 97.5 cm³/mol. The topological polar surface area (TPSA) is 153 Å². The second kappa shape index (κ2) is 7.30. The average Bonchev–Trinajstić information content (AvgIpc) is 3.49. The predicted octanol–water partition coefficient (Wildman–Crippen LogP) is -0.372. The van der Waals surface area contributed by atoms with E-state index in [2.05, 4.69) is 25.3 Å². The van der Waals surface area contributed by atoms with Crippen molar-refractivity contribution in [3.63, 3.8) is 0 Å². The van der Waals surface area contributed by atoms with Gasteiger partial charge in [-0.15, -0.1) is 0 Å². The lowest BCUT2D eigenvalue weighted by molar-refractivity contribution is -0.0328. The first kappa shape index (κ1) is 18.4. The van der Waals surface area contributed by atoms with E-state index in [1.807, 2.05) is 0 Å². The summed E-state index contributed by atoms with van der Waals surface area (Å²) in [5.74, 6) is 0.574. The minimum atomic E-state index is -1.20. The Morgan fingerprint density at radius 2 is 2.14 bits per heavy atom. The van der Waals surface area contributed by atoms with Crippen LogP contribution in [-0.2, 0) is 14.2 Å². The first-order valence-electron chi connectivity index (χ1n) is 9.37. The van der Waals surface area contributed by atoms with Crippen molar-refractivity contribution < 1.29 is 29.2 Å². The number of aliphatic hydroxyl groups is 2. The molecule has 12 nitrogen and oxygen atoms in total. The Kier molecular flexibility index (Phi) is 4.62. The van der Waals surface area contributed by atoms with E-state index in [-0.39, 0.29) is 19.1 Å². The first-order chi connectivity index (χ1) is 14.1. The zero-order chi connectivity index (χ0) is 20.0. The molecule has 0 spiro atoms. The van der Waals surface area contributed by atoms with Crippen LogP contribution in [0.25, 0.3) is 11.2 Å². The Balaban J connectivity index is 1.38. The molecule has 29 heavy (non-hydrogen) atoms. The van der Waals surface area contributed by atoms with E-state index in [0.717, 1.165) is 6.42 Å². The van der Waals surface area contributed by atoms with Gasteiger partial charge in [0.1, 0.15) is 25.1 Å². The number of cyclic esters (lactones) is 1. The molecule has 0 radical (unpaired) electrons. The van der Waals surface area contributed by atoms with E-state index >= 15 is 0 Å². The number of rotatable bonds is 5. The van der Waals surface area contributed by atoms with Gasteiger partial charge in [-0.25, -0.2) is 19.7 Å². The quantitative estimate of drug-likeness (QED) is 0.601. The summed E-state index contributed by atoms with van der Waals surface area (Å²) in [6, 6.07) is 0.148. The van der Waals surface area contributed by atoms with Crippen LogP contribution in [0.4, 0.5) is 10.6 Å². The van der Waals surface area contributed by atoms with Crippen molar-refractivity contribution in [2.24, 2.45) is 4.99 Å². The smallest absolute Gasteiger partial charge is 0.434 e. The largest absolute Gasteiger partial charge is 0.442 e. The van der Waals surface area contributed by atoms with Crippen molar-refractivity contribution in [3.8, 4) is 0 Å². The van der Waals surface area contributed by atoms with Crippen molar-refractivity contribution in [2.45, 2.75) is 43.4 Å². The molecule has 0 bridgehead atoms. The molecule has 1 amide bonds. The first-order valence-corrected chi connectivity index (χ1v) is 9.37. The molecule has 5 rings (SSSR count). The summed E-state index contributed by atoms with van der Waals surface area (Å²) in [6.45, 7) is 1.36. The summed E-state index contributed by atoms with van der Waals surface area (Å²) in [7, 11) is 0. The fourth-order valence-electron chi connectivity index (χ4n) is 3.79. The van der Waals surface area contributed by atoms with Crippen LogP contribution in [0.15, 0.2) is 17.6 Å². The van der Waals surface area contributed by atoms with Gasteiger partial charge in [-0.3, -0.25) is 4.57 Å². The lowest BCUT2D eigenvalue weighted by Crippen LogP contribution is -2.32. The summed E-state index contributed by atoms with van der Waals surface area (Å²) < 4.78 is 17.6. The second-order valence-corrected chi connectivity index (χ2v) is 7.23. The Morgan fingerprint density at radius 1 is 1.24 bits per heavy atom. The van der Waals surface area contributed by atoms with Gasteiger partial charge in [0.05, 0.1) is 30.8 Å². The molecular formula is C17H20N6O6. The van der Waals surface area contributed by atoms with Gasteiger partial charge in [0, 0.05) is 13.0 Å². The number of aliphatic imine (C=N–C) groups is 1. The number of ether oxygens (including phenoxy) is 3. The average molecular weight is 404 g/mol. The molecule has 2 aromatic rings. The van der Waals surface area contributed by atoms with E-state index in [1.165, 1.54) is 12.7 Å². The SMILES string of the molecule is O=C1N=C(C[C@H]2OC(n3cnc4c(N[C@@H]5CCOC5)ncnc43)[C@H](O)[C@@H]2O)CO1. The van der Waals surface area contributed by atoms with Gasteiger partial charge in [-0.1, -0.05) is 0 Å². The van der Waals surface area contributed by atoms with Gasteiger partial charge in [0.25, 0.3) is 0 Å². The fraction of sp³-hybridized carbons (Fsp3) is 0.588. The van der Waals surface area contributed by atoms with Crippen LogP contribution in [0.3, 0.4) is 0 Å². The Labute approximate surface area is 164 Å². The van der Waals surface area contributed by atoms with Crippen LogP contribution in [0.1, 0.15) is 19.1 Å². The number of hydrogen-bond donors (Lipinski definition) is 3. The monoisotopic (exact) mass is 404 g/mol. The van der Waals surface area contributed by atoms with Crippen molar-refractivity contribution in [1.29, 1.82) is 0 Å². The highest BCUT2D eigenvalue weighted by molar-refractivity contribution is 5.99. The van der Waals surface area contributed by atoms with E-state index in [0.29, 0.717) is 35.9 Å². The number of amides is 1. The lowest BCUT2D eigenvalue weighted by atomic mass is 10.1. The Hall–Kier alpha value is -2.67. The number of fused-ring (bicyclic) bond motifs is 1. The third-order valence-corrected chi connectivity index (χ3v) is 5.29. The number of carbonyl (C=O) groups excluding carboxylic acids is 1. The van der Waals surface area contributed by atoms with E-state index in [4.69, 9.17) is 14.2 Å². The van der Waals surface area contributed by atoms with Crippen LogP contribution in [0, 0.1) is 0 Å². The van der Waals surface area contributed by atoms with Crippen molar-refractivity contribution in [1.82, 2.24) is 19.5 Å². The van der Waals surface area contributed by atoms with Gasteiger partial charge in [0.2, 0.25) is 0 Å². The summed E-state index contributed by atoms with van der Waals surface area (Å²) in [5, 5.41) is 24.3. The molecule has 0 aliphatic carbocycles. The number of carbonyl (C=O) groups is 1. The number of aliphatic hydroxyl groups excluding tert-OH is 2. The molecule has 2 saturated heterocycles. The maximum Gasteiger partial charge on any atom is 0.434 e. The van der Waals surface area contributed by atoms with Crippen molar-refractivity contribution >= 4 is 28.8 Å². The van der Waals surface area contributed by atoms with Crippen LogP contribution in [0.5, 0.6) is 0 Å². The van der Waals surface area contributed by atoms with E-state index < -0.39 is 30.6 Å². The van der Waals surface area contributed by atoms with Gasteiger partial charge in [-0.05, 0) is 6.42 Å². The number of anilines is 1.